The van der Waals surface area contributed by atoms with Crippen LogP contribution in [0.2, 0.25) is 0 Å². The molecule has 0 aromatic carbocycles. The van der Waals surface area contributed by atoms with Crippen LogP contribution in [0.25, 0.3) is 5.52 Å². The van der Waals surface area contributed by atoms with Gasteiger partial charge in [0.15, 0.2) is 0 Å². The lowest BCUT2D eigenvalue weighted by Gasteiger charge is -2.14. The molecule has 0 amide bonds. The van der Waals surface area contributed by atoms with Crippen LogP contribution in [0.1, 0.15) is 18.1 Å². The summed E-state index contributed by atoms with van der Waals surface area (Å²) in [6.45, 7) is 3.90. The van der Waals surface area contributed by atoms with Crippen molar-refractivity contribution in [3.63, 3.8) is 0 Å². The molecule has 2 atom stereocenters. The van der Waals surface area contributed by atoms with Crippen LogP contribution in [0.5, 0.6) is 0 Å². The number of hydrogen-bond acceptors (Lipinski definition) is 3. The minimum atomic E-state index is -0.729. The maximum atomic E-state index is 11.2. The largest absolute Gasteiger partial charge is 0.481 e. The van der Waals surface area contributed by atoms with Gasteiger partial charge in [-0.05, 0) is 18.1 Å². The Bertz CT molecular complexity index is 729. The van der Waals surface area contributed by atoms with Crippen molar-refractivity contribution in [3.05, 3.63) is 41.7 Å². The molecule has 2 aromatic heterocycles. The molecule has 5 nitrogen and oxygen atoms in total. The maximum absolute atomic E-state index is 11.2. The molecule has 3 heterocycles. The minimum absolute atomic E-state index is 0.144. The van der Waals surface area contributed by atoms with E-state index in [4.69, 9.17) is 0 Å². The van der Waals surface area contributed by atoms with E-state index in [2.05, 4.69) is 11.0 Å². The molecule has 1 aliphatic heterocycles. The van der Waals surface area contributed by atoms with Crippen LogP contribution < -0.4 is 0 Å². The second-order valence-electron chi connectivity index (χ2n) is 5.75. The quantitative estimate of drug-likeness (QED) is 0.935. The van der Waals surface area contributed by atoms with Crippen molar-refractivity contribution in [1.29, 1.82) is 5.26 Å². The lowest BCUT2D eigenvalue weighted by atomic mass is 9.99. The summed E-state index contributed by atoms with van der Waals surface area (Å²) < 4.78 is 1.95. The fraction of sp³-hybridized carbons (Fsp3) is 0.375. The Morgan fingerprint density at radius 3 is 2.95 bits per heavy atom. The second kappa shape index (κ2) is 5.23. The van der Waals surface area contributed by atoms with Crippen molar-refractivity contribution in [1.82, 2.24) is 9.30 Å². The molecule has 5 heteroatoms. The normalized spacial score (nSPS) is 22.5. The first kappa shape index (κ1) is 13.7. The van der Waals surface area contributed by atoms with Gasteiger partial charge in [0.2, 0.25) is 0 Å². The number of pyridine rings is 1. The highest BCUT2D eigenvalue weighted by Gasteiger charge is 2.34. The number of fused-ring (bicyclic) bond motifs is 1. The van der Waals surface area contributed by atoms with Crippen LogP contribution in [0.4, 0.5) is 0 Å². The third-order valence-electron chi connectivity index (χ3n) is 4.27. The maximum Gasteiger partial charge on any atom is 0.308 e. The number of carbonyl (C=O) groups is 1. The Balaban J connectivity index is 1.86. The molecule has 0 spiro atoms. The van der Waals surface area contributed by atoms with E-state index < -0.39 is 5.97 Å². The first-order valence-electron chi connectivity index (χ1n) is 7.04. The minimum Gasteiger partial charge on any atom is -0.481 e. The summed E-state index contributed by atoms with van der Waals surface area (Å²) in [5.74, 6) is -0.898. The van der Waals surface area contributed by atoms with Gasteiger partial charge in [0.25, 0.3) is 0 Å². The highest BCUT2D eigenvalue weighted by molar-refractivity contribution is 5.71. The monoisotopic (exact) mass is 283 g/mol. The lowest BCUT2D eigenvalue weighted by Crippen LogP contribution is -2.23. The van der Waals surface area contributed by atoms with Crippen molar-refractivity contribution < 1.29 is 9.90 Å². The zero-order chi connectivity index (χ0) is 15.0. The SMILES string of the molecule is C[C@@H]1CN(Cc2cn3ccccc3c2C#N)C[C@H]1C(=O)O. The Hall–Kier alpha value is -2.32. The molecule has 0 bridgehead atoms. The Morgan fingerprint density at radius 2 is 2.29 bits per heavy atom. The van der Waals surface area contributed by atoms with Gasteiger partial charge in [-0.25, -0.2) is 0 Å². The van der Waals surface area contributed by atoms with E-state index in [-0.39, 0.29) is 11.8 Å². The van der Waals surface area contributed by atoms with E-state index in [9.17, 15) is 15.2 Å². The molecule has 0 radical (unpaired) electrons. The Labute approximate surface area is 123 Å². The number of aromatic nitrogens is 1. The average Bonchev–Trinajstić information content (AvgIpc) is 2.99. The average molecular weight is 283 g/mol. The van der Waals surface area contributed by atoms with E-state index in [0.29, 0.717) is 18.7 Å². The first-order chi connectivity index (χ1) is 10.1. The number of carboxylic acid groups (broad SMARTS) is 1. The molecule has 1 fully saturated rings. The van der Waals surface area contributed by atoms with Crippen molar-refractivity contribution in [2.45, 2.75) is 13.5 Å². The summed E-state index contributed by atoms with van der Waals surface area (Å²) in [7, 11) is 0. The molecular formula is C16H17N3O2. The van der Waals surface area contributed by atoms with Gasteiger partial charge in [0, 0.05) is 37.6 Å². The number of nitriles is 1. The summed E-state index contributed by atoms with van der Waals surface area (Å²) in [6.07, 6.45) is 3.89. The molecule has 1 aliphatic rings. The summed E-state index contributed by atoms with van der Waals surface area (Å²) in [4.78, 5) is 13.3. The third-order valence-corrected chi connectivity index (χ3v) is 4.27. The summed E-state index contributed by atoms with van der Waals surface area (Å²) in [5, 5.41) is 18.6. The van der Waals surface area contributed by atoms with Gasteiger partial charge in [0.1, 0.15) is 6.07 Å². The molecule has 0 saturated carbocycles. The molecule has 108 valence electrons. The molecule has 0 unspecified atom stereocenters. The van der Waals surface area contributed by atoms with Crippen LogP contribution in [-0.2, 0) is 11.3 Å². The van der Waals surface area contributed by atoms with E-state index in [0.717, 1.165) is 17.6 Å². The van der Waals surface area contributed by atoms with Crippen molar-refractivity contribution in [2.24, 2.45) is 11.8 Å². The van der Waals surface area contributed by atoms with Gasteiger partial charge in [-0.2, -0.15) is 5.26 Å². The number of carboxylic acids is 1. The van der Waals surface area contributed by atoms with Gasteiger partial charge in [0.05, 0.1) is 17.0 Å². The van der Waals surface area contributed by atoms with Crippen LogP contribution in [-0.4, -0.2) is 33.5 Å². The smallest absolute Gasteiger partial charge is 0.308 e. The van der Waals surface area contributed by atoms with Crippen molar-refractivity contribution in [2.75, 3.05) is 13.1 Å². The molecule has 0 aliphatic carbocycles. The van der Waals surface area contributed by atoms with Crippen LogP contribution in [0.15, 0.2) is 30.6 Å². The predicted octanol–water partition coefficient (Wildman–Crippen LogP) is 1.96. The molecule has 21 heavy (non-hydrogen) atoms. The summed E-state index contributed by atoms with van der Waals surface area (Å²) >= 11 is 0. The first-order valence-corrected chi connectivity index (χ1v) is 7.04. The van der Waals surface area contributed by atoms with Gasteiger partial charge in [-0.3, -0.25) is 9.69 Å². The van der Waals surface area contributed by atoms with E-state index in [1.807, 2.05) is 41.9 Å². The van der Waals surface area contributed by atoms with Crippen molar-refractivity contribution in [3.8, 4) is 6.07 Å². The van der Waals surface area contributed by atoms with Crippen LogP contribution in [0, 0.1) is 23.2 Å². The number of likely N-dealkylation sites (tertiary alicyclic amines) is 1. The predicted molar refractivity (Wildman–Crippen MR) is 77.7 cm³/mol. The Kier molecular flexibility index (Phi) is 3.40. The highest BCUT2D eigenvalue weighted by atomic mass is 16.4. The fourth-order valence-corrected chi connectivity index (χ4v) is 3.19. The third kappa shape index (κ3) is 2.39. The van der Waals surface area contributed by atoms with Gasteiger partial charge in [-0.15, -0.1) is 0 Å². The van der Waals surface area contributed by atoms with Gasteiger partial charge >= 0.3 is 5.97 Å². The number of aliphatic carboxylic acids is 1. The number of hydrogen-bond donors (Lipinski definition) is 1. The van der Waals surface area contributed by atoms with E-state index in [1.165, 1.54) is 0 Å². The Morgan fingerprint density at radius 1 is 1.48 bits per heavy atom. The van der Waals surface area contributed by atoms with Crippen LogP contribution >= 0.6 is 0 Å². The lowest BCUT2D eigenvalue weighted by molar-refractivity contribution is -0.142. The van der Waals surface area contributed by atoms with E-state index in [1.54, 1.807) is 0 Å². The molecule has 3 rings (SSSR count). The van der Waals surface area contributed by atoms with E-state index >= 15 is 0 Å². The highest BCUT2D eigenvalue weighted by Crippen LogP contribution is 2.26. The molecule has 1 saturated heterocycles. The number of nitrogens with zero attached hydrogens (tertiary/aromatic N) is 3. The fourth-order valence-electron chi connectivity index (χ4n) is 3.19. The summed E-state index contributed by atoms with van der Waals surface area (Å²) in [5.41, 5.74) is 2.54. The zero-order valence-electron chi connectivity index (χ0n) is 11.9. The second-order valence-corrected chi connectivity index (χ2v) is 5.75. The van der Waals surface area contributed by atoms with Crippen LogP contribution in [0.3, 0.4) is 0 Å². The van der Waals surface area contributed by atoms with Gasteiger partial charge in [-0.1, -0.05) is 13.0 Å². The number of rotatable bonds is 3. The van der Waals surface area contributed by atoms with Crippen molar-refractivity contribution >= 4 is 11.5 Å². The standard InChI is InChI=1S/C16H17N3O2/c1-11-7-18(10-14(11)16(20)21)8-12-9-19-5-3-2-4-15(19)13(12)6-17/h2-5,9,11,14H,7-8,10H2,1H3,(H,20,21)/t11-,14-/m1/s1. The molecular weight excluding hydrogens is 266 g/mol. The molecule has 1 N–H and O–H groups in total. The zero-order valence-corrected chi connectivity index (χ0v) is 11.9. The topological polar surface area (TPSA) is 68.7 Å². The van der Waals surface area contributed by atoms with Gasteiger partial charge < -0.3 is 9.51 Å². The molecule has 2 aromatic rings. The summed E-state index contributed by atoms with van der Waals surface area (Å²) in [6, 6.07) is 8.04.